The van der Waals surface area contributed by atoms with Gasteiger partial charge in [-0.2, -0.15) is 0 Å². The van der Waals surface area contributed by atoms with E-state index in [1.807, 2.05) is 4.90 Å². The SMILES string of the molecule is CCN(CC)CC1CCN(C(=O)CNC(C)(C)C)CC1. The van der Waals surface area contributed by atoms with E-state index in [2.05, 4.69) is 44.8 Å². The van der Waals surface area contributed by atoms with E-state index >= 15 is 0 Å². The van der Waals surface area contributed by atoms with Crippen LogP contribution in [0.3, 0.4) is 0 Å². The van der Waals surface area contributed by atoms with Gasteiger partial charge in [0.05, 0.1) is 6.54 Å². The molecule has 0 atom stereocenters. The Hall–Kier alpha value is -0.610. The van der Waals surface area contributed by atoms with Crippen LogP contribution in [0.4, 0.5) is 0 Å². The van der Waals surface area contributed by atoms with Gasteiger partial charge in [0.1, 0.15) is 0 Å². The summed E-state index contributed by atoms with van der Waals surface area (Å²) in [7, 11) is 0. The third-order valence-corrected chi connectivity index (χ3v) is 4.15. The molecule has 0 saturated carbocycles. The van der Waals surface area contributed by atoms with Gasteiger partial charge >= 0.3 is 0 Å². The number of piperidine rings is 1. The highest BCUT2D eigenvalue weighted by Gasteiger charge is 2.24. The molecule has 20 heavy (non-hydrogen) atoms. The minimum Gasteiger partial charge on any atom is -0.342 e. The number of carbonyl (C=O) groups excluding carboxylic acids is 1. The van der Waals surface area contributed by atoms with Gasteiger partial charge in [-0.1, -0.05) is 13.8 Å². The van der Waals surface area contributed by atoms with Crippen molar-refractivity contribution >= 4 is 5.91 Å². The van der Waals surface area contributed by atoms with E-state index in [9.17, 15) is 4.79 Å². The lowest BCUT2D eigenvalue weighted by atomic mass is 9.96. The summed E-state index contributed by atoms with van der Waals surface area (Å²) in [4.78, 5) is 16.7. The van der Waals surface area contributed by atoms with E-state index in [0.29, 0.717) is 6.54 Å². The lowest BCUT2D eigenvalue weighted by Gasteiger charge is -2.35. The van der Waals surface area contributed by atoms with Crippen molar-refractivity contribution in [3.8, 4) is 0 Å². The molecule has 1 aliphatic heterocycles. The average molecular weight is 283 g/mol. The van der Waals surface area contributed by atoms with Crippen LogP contribution in [-0.2, 0) is 4.79 Å². The van der Waals surface area contributed by atoms with E-state index in [0.717, 1.165) is 44.9 Å². The zero-order valence-corrected chi connectivity index (χ0v) is 14.0. The summed E-state index contributed by atoms with van der Waals surface area (Å²) in [6, 6.07) is 0. The van der Waals surface area contributed by atoms with Gasteiger partial charge < -0.3 is 15.1 Å². The molecule has 0 aromatic heterocycles. The third kappa shape index (κ3) is 6.23. The molecule has 1 amide bonds. The molecule has 4 nitrogen and oxygen atoms in total. The Morgan fingerprint density at radius 1 is 1.20 bits per heavy atom. The summed E-state index contributed by atoms with van der Waals surface area (Å²) in [5, 5.41) is 3.28. The lowest BCUT2D eigenvalue weighted by molar-refractivity contribution is -0.132. The zero-order valence-electron chi connectivity index (χ0n) is 14.0. The van der Waals surface area contributed by atoms with E-state index in [-0.39, 0.29) is 11.4 Å². The molecular formula is C16H33N3O. The van der Waals surface area contributed by atoms with Crippen LogP contribution in [0.25, 0.3) is 0 Å². The van der Waals surface area contributed by atoms with Gasteiger partial charge in [-0.3, -0.25) is 4.79 Å². The minimum absolute atomic E-state index is 0.0107. The predicted octanol–water partition coefficient (Wildman–Crippen LogP) is 1.95. The van der Waals surface area contributed by atoms with Crippen LogP contribution in [-0.4, -0.2) is 60.5 Å². The second-order valence-electron chi connectivity index (χ2n) is 6.91. The fourth-order valence-corrected chi connectivity index (χ4v) is 2.66. The monoisotopic (exact) mass is 283 g/mol. The maximum absolute atomic E-state index is 12.1. The summed E-state index contributed by atoms with van der Waals surface area (Å²) < 4.78 is 0. The van der Waals surface area contributed by atoms with Gasteiger partial charge in [0.25, 0.3) is 0 Å². The number of nitrogens with one attached hydrogen (secondary N) is 1. The Labute approximate surface area is 124 Å². The quantitative estimate of drug-likeness (QED) is 0.809. The molecule has 0 aliphatic carbocycles. The minimum atomic E-state index is 0.0107. The van der Waals surface area contributed by atoms with Crippen molar-refractivity contribution in [1.82, 2.24) is 15.1 Å². The summed E-state index contributed by atoms with van der Waals surface area (Å²) >= 11 is 0. The Bertz CT molecular complexity index is 287. The third-order valence-electron chi connectivity index (χ3n) is 4.15. The molecule has 1 aliphatic rings. The number of hydrogen-bond acceptors (Lipinski definition) is 3. The highest BCUT2D eigenvalue weighted by molar-refractivity contribution is 5.78. The van der Waals surface area contributed by atoms with Crippen molar-refractivity contribution in [2.75, 3.05) is 39.3 Å². The predicted molar refractivity (Wildman–Crippen MR) is 84.8 cm³/mol. The van der Waals surface area contributed by atoms with Crippen LogP contribution in [0.5, 0.6) is 0 Å². The molecule has 1 N–H and O–H groups in total. The standard InChI is InChI=1S/C16H33N3O/c1-6-18(7-2)13-14-8-10-19(11-9-14)15(20)12-17-16(3,4)5/h14,17H,6-13H2,1-5H3. The van der Waals surface area contributed by atoms with Crippen molar-refractivity contribution in [1.29, 1.82) is 0 Å². The largest absolute Gasteiger partial charge is 0.342 e. The fraction of sp³-hybridized carbons (Fsp3) is 0.938. The number of hydrogen-bond donors (Lipinski definition) is 1. The van der Waals surface area contributed by atoms with Crippen LogP contribution in [0, 0.1) is 5.92 Å². The van der Waals surface area contributed by atoms with Crippen LogP contribution in [0.2, 0.25) is 0 Å². The Morgan fingerprint density at radius 3 is 2.20 bits per heavy atom. The number of likely N-dealkylation sites (tertiary alicyclic amines) is 1. The van der Waals surface area contributed by atoms with Crippen LogP contribution in [0.15, 0.2) is 0 Å². The highest BCUT2D eigenvalue weighted by atomic mass is 16.2. The normalized spacial score (nSPS) is 17.8. The molecule has 1 fully saturated rings. The first kappa shape index (κ1) is 17.4. The van der Waals surface area contributed by atoms with E-state index in [1.54, 1.807) is 0 Å². The highest BCUT2D eigenvalue weighted by Crippen LogP contribution is 2.18. The maximum atomic E-state index is 12.1. The maximum Gasteiger partial charge on any atom is 0.236 e. The molecule has 4 heteroatoms. The number of nitrogens with zero attached hydrogens (tertiary/aromatic N) is 2. The molecule has 0 radical (unpaired) electrons. The van der Waals surface area contributed by atoms with Gasteiger partial charge in [-0.05, 0) is 52.6 Å². The average Bonchev–Trinajstić information content (AvgIpc) is 2.42. The van der Waals surface area contributed by atoms with Crippen molar-refractivity contribution < 1.29 is 4.79 Å². The number of amides is 1. The van der Waals surface area contributed by atoms with Gasteiger partial charge in [0.2, 0.25) is 5.91 Å². The van der Waals surface area contributed by atoms with Crippen molar-refractivity contribution in [2.24, 2.45) is 5.92 Å². The molecule has 1 rings (SSSR count). The Kier molecular flexibility index (Phi) is 6.96. The number of carbonyl (C=O) groups is 1. The van der Waals surface area contributed by atoms with Crippen LogP contribution >= 0.6 is 0 Å². The Balaban J connectivity index is 2.29. The Morgan fingerprint density at radius 2 is 1.75 bits per heavy atom. The first-order chi connectivity index (χ1) is 9.35. The van der Waals surface area contributed by atoms with Gasteiger partial charge in [-0.25, -0.2) is 0 Å². The van der Waals surface area contributed by atoms with E-state index in [1.165, 1.54) is 6.54 Å². The zero-order chi connectivity index (χ0) is 15.2. The summed E-state index contributed by atoms with van der Waals surface area (Å²) in [6.07, 6.45) is 2.30. The molecule has 0 aromatic carbocycles. The first-order valence-corrected chi connectivity index (χ1v) is 8.10. The molecule has 0 spiro atoms. The topological polar surface area (TPSA) is 35.6 Å². The molecule has 0 bridgehead atoms. The van der Waals surface area contributed by atoms with Crippen molar-refractivity contribution in [2.45, 2.75) is 53.0 Å². The molecule has 1 saturated heterocycles. The molecule has 0 aromatic rings. The number of rotatable bonds is 6. The first-order valence-electron chi connectivity index (χ1n) is 8.10. The summed E-state index contributed by atoms with van der Waals surface area (Å²) in [5.74, 6) is 1.01. The van der Waals surface area contributed by atoms with E-state index in [4.69, 9.17) is 0 Å². The fourth-order valence-electron chi connectivity index (χ4n) is 2.66. The lowest BCUT2D eigenvalue weighted by Crippen LogP contribution is -2.48. The van der Waals surface area contributed by atoms with E-state index < -0.39 is 0 Å². The second kappa shape index (κ2) is 7.99. The van der Waals surface area contributed by atoms with Crippen LogP contribution in [0.1, 0.15) is 47.5 Å². The molecule has 1 heterocycles. The molecular weight excluding hydrogens is 250 g/mol. The summed E-state index contributed by atoms with van der Waals surface area (Å²) in [5.41, 5.74) is 0.0107. The van der Waals surface area contributed by atoms with Gasteiger partial charge in [0.15, 0.2) is 0 Å². The van der Waals surface area contributed by atoms with Gasteiger partial charge in [-0.15, -0.1) is 0 Å². The van der Waals surface area contributed by atoms with Crippen molar-refractivity contribution in [3.63, 3.8) is 0 Å². The summed E-state index contributed by atoms with van der Waals surface area (Å²) in [6.45, 7) is 16.5. The molecule has 0 unspecified atom stereocenters. The van der Waals surface area contributed by atoms with Crippen LogP contribution < -0.4 is 5.32 Å². The van der Waals surface area contributed by atoms with Crippen molar-refractivity contribution in [3.05, 3.63) is 0 Å². The van der Waals surface area contributed by atoms with Gasteiger partial charge in [0, 0.05) is 25.2 Å². The smallest absolute Gasteiger partial charge is 0.236 e. The second-order valence-corrected chi connectivity index (χ2v) is 6.91. The molecule has 118 valence electrons.